The molecule has 1 aliphatic carbocycles. The molecule has 2 aliphatic rings. The smallest absolute Gasteiger partial charge is 0.247 e. The summed E-state index contributed by atoms with van der Waals surface area (Å²) >= 11 is 12.0. The molecule has 3 nitrogen and oxygen atoms in total. The first kappa shape index (κ1) is 17.8. The van der Waals surface area contributed by atoms with Gasteiger partial charge >= 0.3 is 0 Å². The maximum Gasteiger partial charge on any atom is 0.247 e. The highest BCUT2D eigenvalue weighted by Gasteiger charge is 2.37. The highest BCUT2D eigenvalue weighted by atomic mass is 35.5. The third kappa shape index (κ3) is 4.33. The third-order valence-electron chi connectivity index (χ3n) is 4.95. The highest BCUT2D eigenvalue weighted by Crippen LogP contribution is 2.32. The predicted octanol–water partition coefficient (Wildman–Crippen LogP) is 4.48. The lowest BCUT2D eigenvalue weighted by Crippen LogP contribution is -2.47. The van der Waals surface area contributed by atoms with Gasteiger partial charge in [-0.05, 0) is 56.0 Å². The second-order valence-electron chi connectivity index (χ2n) is 6.65. The van der Waals surface area contributed by atoms with Crippen molar-refractivity contribution < 1.29 is 4.79 Å². The molecule has 1 saturated heterocycles. The van der Waals surface area contributed by atoms with Gasteiger partial charge < -0.3 is 9.80 Å². The van der Waals surface area contributed by atoms with Gasteiger partial charge in [0.25, 0.3) is 0 Å². The summed E-state index contributed by atoms with van der Waals surface area (Å²) in [7, 11) is 0. The van der Waals surface area contributed by atoms with Crippen LogP contribution in [-0.2, 0) is 4.79 Å². The van der Waals surface area contributed by atoms with Gasteiger partial charge in [0, 0.05) is 31.2 Å². The lowest BCUT2D eigenvalue weighted by Gasteiger charge is -2.38. The first-order valence-electron chi connectivity index (χ1n) is 8.76. The Balaban J connectivity index is 1.66. The third-order valence-corrected chi connectivity index (χ3v) is 5.69. The number of hydrogen-bond donors (Lipinski definition) is 0. The molecular weight excluding hydrogens is 343 g/mol. The van der Waals surface area contributed by atoms with Crippen LogP contribution in [0.4, 0.5) is 0 Å². The summed E-state index contributed by atoms with van der Waals surface area (Å²) in [5.74, 6) is 0.124. The molecule has 1 amide bonds. The summed E-state index contributed by atoms with van der Waals surface area (Å²) in [6.45, 7) is 5.48. The Morgan fingerprint density at radius 1 is 1.17 bits per heavy atom. The first-order valence-corrected chi connectivity index (χ1v) is 9.52. The Morgan fingerprint density at radius 3 is 2.42 bits per heavy atom. The monoisotopic (exact) mass is 366 g/mol. The number of nitrogens with zero attached hydrogens (tertiary/aromatic N) is 2. The van der Waals surface area contributed by atoms with E-state index >= 15 is 0 Å². The molecule has 0 unspecified atom stereocenters. The SMILES string of the molecule is CCN1CCC(N(C(=O)/C=C/c2ccc(Cl)c(Cl)c2)C2CC2)CC1. The number of hydrogen-bond acceptors (Lipinski definition) is 2. The molecule has 24 heavy (non-hydrogen) atoms. The molecule has 1 heterocycles. The second-order valence-corrected chi connectivity index (χ2v) is 7.46. The maximum absolute atomic E-state index is 12.8. The number of rotatable bonds is 5. The average molecular weight is 367 g/mol. The van der Waals surface area contributed by atoms with E-state index in [-0.39, 0.29) is 5.91 Å². The molecule has 0 atom stereocenters. The maximum atomic E-state index is 12.8. The van der Waals surface area contributed by atoms with Gasteiger partial charge in [-0.3, -0.25) is 4.79 Å². The van der Waals surface area contributed by atoms with Crippen LogP contribution < -0.4 is 0 Å². The number of piperidine rings is 1. The van der Waals surface area contributed by atoms with Crippen molar-refractivity contribution in [3.63, 3.8) is 0 Å². The summed E-state index contributed by atoms with van der Waals surface area (Å²) < 4.78 is 0. The van der Waals surface area contributed by atoms with Gasteiger partial charge in [0.15, 0.2) is 0 Å². The van der Waals surface area contributed by atoms with E-state index in [1.807, 2.05) is 12.1 Å². The number of likely N-dealkylation sites (tertiary alicyclic amines) is 1. The van der Waals surface area contributed by atoms with Gasteiger partial charge in [-0.25, -0.2) is 0 Å². The molecule has 3 rings (SSSR count). The summed E-state index contributed by atoms with van der Waals surface area (Å²) in [4.78, 5) is 17.3. The molecule has 1 aliphatic heterocycles. The number of carbonyl (C=O) groups is 1. The van der Waals surface area contributed by atoms with E-state index in [4.69, 9.17) is 23.2 Å². The Bertz CT molecular complexity index is 620. The van der Waals surface area contributed by atoms with Crippen molar-refractivity contribution in [1.82, 2.24) is 9.80 Å². The van der Waals surface area contributed by atoms with E-state index in [2.05, 4.69) is 16.7 Å². The summed E-state index contributed by atoms with van der Waals surface area (Å²) in [6.07, 6.45) is 7.96. The molecule has 0 radical (unpaired) electrons. The van der Waals surface area contributed by atoms with Crippen LogP contribution in [-0.4, -0.2) is 47.4 Å². The topological polar surface area (TPSA) is 23.6 Å². The minimum Gasteiger partial charge on any atom is -0.333 e. The van der Waals surface area contributed by atoms with Crippen LogP contribution in [0.15, 0.2) is 24.3 Å². The van der Waals surface area contributed by atoms with Crippen molar-refractivity contribution in [2.45, 2.75) is 44.7 Å². The Labute approximate surface area is 154 Å². The quantitative estimate of drug-likeness (QED) is 0.717. The summed E-state index contributed by atoms with van der Waals surface area (Å²) in [5, 5.41) is 1.04. The highest BCUT2D eigenvalue weighted by molar-refractivity contribution is 6.42. The van der Waals surface area contributed by atoms with E-state index < -0.39 is 0 Å². The molecule has 0 aromatic heterocycles. The molecule has 0 N–H and O–H groups in total. The fourth-order valence-corrected chi connectivity index (χ4v) is 3.70. The van der Waals surface area contributed by atoms with Crippen molar-refractivity contribution in [1.29, 1.82) is 0 Å². The molecule has 0 bridgehead atoms. The Kier molecular flexibility index (Phi) is 5.85. The fourth-order valence-electron chi connectivity index (χ4n) is 3.39. The average Bonchev–Trinajstić information content (AvgIpc) is 3.42. The lowest BCUT2D eigenvalue weighted by molar-refractivity contribution is -0.129. The van der Waals surface area contributed by atoms with Crippen LogP contribution in [0, 0.1) is 0 Å². The zero-order chi connectivity index (χ0) is 17.1. The van der Waals surface area contributed by atoms with Crippen molar-refractivity contribution in [3.8, 4) is 0 Å². The molecule has 130 valence electrons. The first-order chi connectivity index (χ1) is 11.6. The van der Waals surface area contributed by atoms with Crippen molar-refractivity contribution in [2.75, 3.05) is 19.6 Å². The van der Waals surface area contributed by atoms with E-state index in [0.717, 1.165) is 50.9 Å². The Morgan fingerprint density at radius 2 is 1.83 bits per heavy atom. The molecule has 2 fully saturated rings. The van der Waals surface area contributed by atoms with Crippen molar-refractivity contribution in [2.24, 2.45) is 0 Å². The second kappa shape index (κ2) is 7.90. The van der Waals surface area contributed by atoms with Gasteiger partial charge in [0.05, 0.1) is 10.0 Å². The fraction of sp³-hybridized carbons (Fsp3) is 0.526. The normalized spacial score (nSPS) is 19.8. The van der Waals surface area contributed by atoms with Crippen molar-refractivity contribution in [3.05, 3.63) is 39.9 Å². The molecular formula is C19H24Cl2N2O. The molecule has 1 aromatic rings. The van der Waals surface area contributed by atoms with Crippen LogP contribution >= 0.6 is 23.2 Å². The number of benzene rings is 1. The molecule has 0 spiro atoms. The van der Waals surface area contributed by atoms with E-state index in [1.54, 1.807) is 18.2 Å². The van der Waals surface area contributed by atoms with Gasteiger partial charge in [-0.1, -0.05) is 36.2 Å². The van der Waals surface area contributed by atoms with Gasteiger partial charge in [0.1, 0.15) is 0 Å². The number of carbonyl (C=O) groups excluding carboxylic acids is 1. The zero-order valence-electron chi connectivity index (χ0n) is 14.0. The van der Waals surface area contributed by atoms with Gasteiger partial charge in [0.2, 0.25) is 5.91 Å². The predicted molar refractivity (Wildman–Crippen MR) is 101 cm³/mol. The van der Waals surface area contributed by atoms with Crippen LogP contribution in [0.2, 0.25) is 10.0 Å². The number of halogens is 2. The van der Waals surface area contributed by atoms with Gasteiger partial charge in [-0.15, -0.1) is 0 Å². The van der Waals surface area contributed by atoms with E-state index in [1.165, 1.54) is 0 Å². The van der Waals surface area contributed by atoms with Crippen LogP contribution in [0.1, 0.15) is 38.2 Å². The largest absolute Gasteiger partial charge is 0.333 e. The van der Waals surface area contributed by atoms with Crippen LogP contribution in [0.3, 0.4) is 0 Å². The minimum absolute atomic E-state index is 0.124. The minimum atomic E-state index is 0.124. The van der Waals surface area contributed by atoms with Crippen LogP contribution in [0.5, 0.6) is 0 Å². The van der Waals surface area contributed by atoms with Gasteiger partial charge in [-0.2, -0.15) is 0 Å². The van der Waals surface area contributed by atoms with Crippen LogP contribution in [0.25, 0.3) is 6.08 Å². The van der Waals surface area contributed by atoms with E-state index in [0.29, 0.717) is 22.1 Å². The van der Waals surface area contributed by atoms with Crippen molar-refractivity contribution >= 4 is 35.2 Å². The Hall–Kier alpha value is -1.03. The summed E-state index contributed by atoms with van der Waals surface area (Å²) in [6, 6.07) is 6.24. The van der Waals surface area contributed by atoms with E-state index in [9.17, 15) is 4.79 Å². The summed E-state index contributed by atoms with van der Waals surface area (Å²) in [5.41, 5.74) is 0.897. The molecule has 5 heteroatoms. The molecule has 1 aromatic carbocycles. The zero-order valence-corrected chi connectivity index (χ0v) is 15.6. The standard InChI is InChI=1S/C19H24Cl2N2O/c1-2-22-11-9-16(10-12-22)23(15-5-6-15)19(24)8-4-14-3-7-17(20)18(21)13-14/h3-4,7-8,13,15-16H,2,5-6,9-12H2,1H3/b8-4+. The molecule has 1 saturated carbocycles. The number of amides is 1. The lowest BCUT2D eigenvalue weighted by atomic mass is 10.0.